The molecule has 98 valence electrons. The van der Waals surface area contributed by atoms with Gasteiger partial charge in [-0.15, -0.1) is 0 Å². The van der Waals surface area contributed by atoms with Crippen molar-refractivity contribution in [2.45, 2.75) is 32.2 Å². The molecule has 1 aromatic rings. The number of ether oxygens (including phenoxy) is 1. The maximum Gasteiger partial charge on any atom is 0.165 e. The number of piperidine rings is 1. The van der Waals surface area contributed by atoms with Crippen molar-refractivity contribution in [3.63, 3.8) is 0 Å². The summed E-state index contributed by atoms with van der Waals surface area (Å²) in [6, 6.07) is 6.04. The second-order valence-corrected chi connectivity index (χ2v) is 5.44. The normalized spacial score (nSPS) is 30.2. The second-order valence-electron chi connectivity index (χ2n) is 5.44. The number of fused-ring (bicyclic) bond motifs is 3. The predicted octanol–water partition coefficient (Wildman–Crippen LogP) is 2.85. The number of hydrogen-bond donors (Lipinski definition) is 2. The van der Waals surface area contributed by atoms with Gasteiger partial charge in [-0.1, -0.05) is 31.9 Å². The third kappa shape index (κ3) is 1.87. The Morgan fingerprint density at radius 2 is 2.33 bits per heavy atom. The summed E-state index contributed by atoms with van der Waals surface area (Å²) < 4.78 is 5.81. The van der Waals surface area contributed by atoms with Crippen LogP contribution in [-0.4, -0.2) is 18.3 Å². The quantitative estimate of drug-likeness (QED) is 0.844. The van der Waals surface area contributed by atoms with E-state index >= 15 is 0 Å². The highest BCUT2D eigenvalue weighted by Crippen LogP contribution is 2.46. The van der Waals surface area contributed by atoms with Crippen molar-refractivity contribution in [3.8, 4) is 11.5 Å². The largest absolute Gasteiger partial charge is 0.504 e. The first-order chi connectivity index (χ1) is 8.81. The summed E-state index contributed by atoms with van der Waals surface area (Å²) in [5.74, 6) is 2.25. The summed E-state index contributed by atoms with van der Waals surface area (Å²) in [5, 5.41) is 13.5. The van der Waals surface area contributed by atoms with E-state index < -0.39 is 0 Å². The lowest BCUT2D eigenvalue weighted by atomic mass is 9.75. The summed E-state index contributed by atoms with van der Waals surface area (Å²) in [7, 11) is 0. The summed E-state index contributed by atoms with van der Waals surface area (Å²) in [5.41, 5.74) is 1.13. The smallest absolute Gasteiger partial charge is 0.165 e. The van der Waals surface area contributed by atoms with Crippen LogP contribution in [0.4, 0.5) is 0 Å². The SMILES string of the molecule is CCCC1CCNC2c3cccc(O)c3OCC12. The summed E-state index contributed by atoms with van der Waals surface area (Å²) >= 11 is 0. The van der Waals surface area contributed by atoms with E-state index in [4.69, 9.17) is 4.74 Å². The monoisotopic (exact) mass is 247 g/mol. The average Bonchev–Trinajstić information content (AvgIpc) is 2.40. The molecule has 3 rings (SSSR count). The van der Waals surface area contributed by atoms with Crippen LogP contribution in [0.3, 0.4) is 0 Å². The molecular weight excluding hydrogens is 226 g/mol. The molecule has 0 spiro atoms. The number of phenolic OH excluding ortho intramolecular Hbond substituents is 1. The van der Waals surface area contributed by atoms with E-state index in [2.05, 4.69) is 18.3 Å². The third-order valence-electron chi connectivity index (χ3n) is 4.35. The molecule has 3 nitrogen and oxygen atoms in total. The van der Waals surface area contributed by atoms with Gasteiger partial charge >= 0.3 is 0 Å². The fourth-order valence-electron chi connectivity index (χ4n) is 3.49. The van der Waals surface area contributed by atoms with Crippen LogP contribution in [0.1, 0.15) is 37.8 Å². The molecule has 0 bridgehead atoms. The van der Waals surface area contributed by atoms with E-state index in [1.54, 1.807) is 6.07 Å². The summed E-state index contributed by atoms with van der Waals surface area (Å²) in [4.78, 5) is 0. The third-order valence-corrected chi connectivity index (χ3v) is 4.35. The van der Waals surface area contributed by atoms with Gasteiger partial charge in [0.15, 0.2) is 11.5 Å². The molecule has 2 heterocycles. The van der Waals surface area contributed by atoms with Crippen LogP contribution in [-0.2, 0) is 0 Å². The number of phenols is 1. The van der Waals surface area contributed by atoms with Crippen LogP contribution in [0.15, 0.2) is 18.2 Å². The molecule has 0 radical (unpaired) electrons. The number of hydrogen-bond acceptors (Lipinski definition) is 3. The minimum atomic E-state index is 0.269. The van der Waals surface area contributed by atoms with E-state index in [1.807, 2.05) is 6.07 Å². The minimum absolute atomic E-state index is 0.269. The zero-order chi connectivity index (χ0) is 12.5. The van der Waals surface area contributed by atoms with E-state index in [9.17, 15) is 5.11 Å². The van der Waals surface area contributed by atoms with Gasteiger partial charge < -0.3 is 15.2 Å². The molecule has 1 saturated heterocycles. The molecule has 1 aromatic carbocycles. The zero-order valence-electron chi connectivity index (χ0n) is 10.9. The van der Waals surface area contributed by atoms with Crippen molar-refractivity contribution >= 4 is 0 Å². The van der Waals surface area contributed by atoms with Crippen LogP contribution in [0.5, 0.6) is 11.5 Å². The molecule has 0 amide bonds. The van der Waals surface area contributed by atoms with Gasteiger partial charge in [-0.3, -0.25) is 0 Å². The molecule has 0 saturated carbocycles. The lowest BCUT2D eigenvalue weighted by molar-refractivity contribution is 0.0869. The Bertz CT molecular complexity index is 431. The van der Waals surface area contributed by atoms with Crippen molar-refractivity contribution in [3.05, 3.63) is 23.8 Å². The van der Waals surface area contributed by atoms with E-state index in [-0.39, 0.29) is 5.75 Å². The minimum Gasteiger partial charge on any atom is -0.504 e. The van der Waals surface area contributed by atoms with E-state index in [0.29, 0.717) is 17.7 Å². The summed E-state index contributed by atoms with van der Waals surface area (Å²) in [6.45, 7) is 4.05. The molecule has 2 aliphatic rings. The van der Waals surface area contributed by atoms with Gasteiger partial charge in [0, 0.05) is 17.5 Å². The average molecular weight is 247 g/mol. The number of para-hydroxylation sites is 1. The van der Waals surface area contributed by atoms with Gasteiger partial charge in [0.1, 0.15) is 0 Å². The number of aromatic hydroxyl groups is 1. The van der Waals surface area contributed by atoms with Crippen LogP contribution < -0.4 is 10.1 Å². The van der Waals surface area contributed by atoms with Gasteiger partial charge in [0.2, 0.25) is 0 Å². The fraction of sp³-hybridized carbons (Fsp3) is 0.600. The first-order valence-corrected chi connectivity index (χ1v) is 6.99. The topological polar surface area (TPSA) is 41.5 Å². The number of rotatable bonds is 2. The standard InChI is InChI=1S/C15H21NO2/c1-2-4-10-7-8-16-14-11-5-3-6-13(17)15(11)18-9-12(10)14/h3,5-6,10,12,14,16-17H,2,4,7-9H2,1H3. The van der Waals surface area contributed by atoms with Crippen molar-refractivity contribution < 1.29 is 9.84 Å². The molecule has 2 aliphatic heterocycles. The first kappa shape index (κ1) is 11.8. The van der Waals surface area contributed by atoms with Crippen molar-refractivity contribution in [1.82, 2.24) is 5.32 Å². The molecule has 18 heavy (non-hydrogen) atoms. The van der Waals surface area contributed by atoms with Crippen molar-refractivity contribution in [2.24, 2.45) is 11.8 Å². The maximum absolute atomic E-state index is 9.86. The van der Waals surface area contributed by atoms with Crippen molar-refractivity contribution in [1.29, 1.82) is 0 Å². The molecule has 3 unspecified atom stereocenters. The highest BCUT2D eigenvalue weighted by Gasteiger charge is 2.38. The molecule has 2 N–H and O–H groups in total. The Kier molecular flexibility index (Phi) is 3.16. The molecule has 3 atom stereocenters. The Morgan fingerprint density at radius 3 is 3.17 bits per heavy atom. The molecule has 0 aliphatic carbocycles. The Balaban J connectivity index is 1.92. The van der Waals surface area contributed by atoms with Gasteiger partial charge in [0.25, 0.3) is 0 Å². The Labute approximate surface area is 108 Å². The molecular formula is C15H21NO2. The van der Waals surface area contributed by atoms with Crippen LogP contribution in [0.2, 0.25) is 0 Å². The van der Waals surface area contributed by atoms with Gasteiger partial charge in [-0.25, -0.2) is 0 Å². The Hall–Kier alpha value is -1.22. The lowest BCUT2D eigenvalue weighted by Crippen LogP contribution is -2.44. The lowest BCUT2D eigenvalue weighted by Gasteiger charge is -2.42. The molecule has 3 heteroatoms. The number of nitrogens with one attached hydrogen (secondary N) is 1. The maximum atomic E-state index is 9.86. The number of benzene rings is 1. The van der Waals surface area contributed by atoms with Crippen LogP contribution >= 0.6 is 0 Å². The van der Waals surface area contributed by atoms with E-state index in [1.165, 1.54) is 19.3 Å². The molecule has 0 aromatic heterocycles. The fourth-order valence-corrected chi connectivity index (χ4v) is 3.49. The van der Waals surface area contributed by atoms with Crippen LogP contribution in [0.25, 0.3) is 0 Å². The highest BCUT2D eigenvalue weighted by molar-refractivity contribution is 5.48. The van der Waals surface area contributed by atoms with Gasteiger partial charge in [0.05, 0.1) is 6.61 Å². The van der Waals surface area contributed by atoms with Crippen molar-refractivity contribution in [2.75, 3.05) is 13.2 Å². The van der Waals surface area contributed by atoms with Gasteiger partial charge in [-0.2, -0.15) is 0 Å². The van der Waals surface area contributed by atoms with E-state index in [0.717, 1.165) is 24.6 Å². The first-order valence-electron chi connectivity index (χ1n) is 6.99. The Morgan fingerprint density at radius 1 is 1.44 bits per heavy atom. The molecule has 1 fully saturated rings. The van der Waals surface area contributed by atoms with Gasteiger partial charge in [-0.05, 0) is 24.9 Å². The van der Waals surface area contributed by atoms with Crippen LogP contribution in [0, 0.1) is 11.8 Å². The second kappa shape index (κ2) is 4.81. The zero-order valence-corrected chi connectivity index (χ0v) is 10.9. The predicted molar refractivity (Wildman–Crippen MR) is 70.9 cm³/mol. The highest BCUT2D eigenvalue weighted by atomic mass is 16.5. The summed E-state index contributed by atoms with van der Waals surface area (Å²) in [6.07, 6.45) is 3.76.